The van der Waals surface area contributed by atoms with Crippen LogP contribution in [0.25, 0.3) is 17.3 Å². The first-order chi connectivity index (χ1) is 14.5. The van der Waals surface area contributed by atoms with Crippen LogP contribution < -0.4 is 15.8 Å². The third-order valence-corrected chi connectivity index (χ3v) is 5.04. The van der Waals surface area contributed by atoms with E-state index in [1.807, 2.05) is 6.92 Å². The summed E-state index contributed by atoms with van der Waals surface area (Å²) in [6, 6.07) is 15.3. The second-order valence-corrected chi connectivity index (χ2v) is 7.71. The molecule has 7 heteroatoms. The number of nitrogens with two attached hydrogens (primary N) is 1. The number of primary amides is 1. The van der Waals surface area contributed by atoms with E-state index >= 15 is 0 Å². The maximum absolute atomic E-state index is 12.0. The molecule has 0 atom stereocenters. The van der Waals surface area contributed by atoms with E-state index in [0.717, 1.165) is 33.8 Å². The van der Waals surface area contributed by atoms with Gasteiger partial charge in [-0.1, -0.05) is 36.4 Å². The van der Waals surface area contributed by atoms with Crippen LogP contribution in [0.5, 0.6) is 5.75 Å². The lowest BCUT2D eigenvalue weighted by Crippen LogP contribution is -2.23. The van der Waals surface area contributed by atoms with E-state index < -0.39 is 5.91 Å². The van der Waals surface area contributed by atoms with Crippen LogP contribution in [-0.2, 0) is 16.0 Å². The minimum absolute atomic E-state index is 0.154. The molecule has 2 amide bonds. The number of thiazole rings is 1. The molecule has 0 aliphatic rings. The molecule has 3 N–H and O–H groups in total. The molecule has 2 aromatic carbocycles. The molecule has 3 aromatic rings. The predicted octanol–water partition coefficient (Wildman–Crippen LogP) is 3.35. The summed E-state index contributed by atoms with van der Waals surface area (Å²) in [5.41, 5.74) is 9.14. The van der Waals surface area contributed by atoms with Crippen LogP contribution >= 0.6 is 11.3 Å². The van der Waals surface area contributed by atoms with Gasteiger partial charge in [0, 0.05) is 23.6 Å². The van der Waals surface area contributed by atoms with Crippen LogP contribution in [-0.4, -0.2) is 29.9 Å². The fourth-order valence-corrected chi connectivity index (χ4v) is 3.35. The molecule has 0 spiro atoms. The van der Waals surface area contributed by atoms with Crippen LogP contribution in [0.1, 0.15) is 16.1 Å². The maximum atomic E-state index is 12.0. The lowest BCUT2D eigenvalue weighted by atomic mass is 10.1. The highest BCUT2D eigenvalue weighted by molar-refractivity contribution is 7.09. The van der Waals surface area contributed by atoms with E-state index in [4.69, 9.17) is 10.5 Å². The van der Waals surface area contributed by atoms with Gasteiger partial charge in [0.1, 0.15) is 5.75 Å². The van der Waals surface area contributed by atoms with Crippen molar-refractivity contribution in [3.63, 3.8) is 0 Å². The second-order valence-electron chi connectivity index (χ2n) is 6.65. The van der Waals surface area contributed by atoms with Gasteiger partial charge in [0.25, 0.3) is 5.91 Å². The second kappa shape index (κ2) is 10.4. The summed E-state index contributed by atoms with van der Waals surface area (Å²) in [7, 11) is 0. The van der Waals surface area contributed by atoms with Gasteiger partial charge in [-0.25, -0.2) is 4.98 Å². The normalized spacial score (nSPS) is 10.8. The number of hydrogen-bond acceptors (Lipinski definition) is 5. The number of carbonyl (C=O) groups excluding carboxylic acids is 2. The molecular weight excluding hydrogens is 398 g/mol. The number of carbonyl (C=O) groups is 2. The third kappa shape index (κ3) is 6.56. The Morgan fingerprint density at radius 2 is 1.87 bits per heavy atom. The zero-order chi connectivity index (χ0) is 21.3. The Balaban J connectivity index is 1.42. The number of aromatic nitrogens is 1. The molecule has 0 unspecified atom stereocenters. The maximum Gasteiger partial charge on any atom is 0.255 e. The number of nitrogens with zero attached hydrogens (tertiary/aromatic N) is 1. The Hall–Kier alpha value is -3.45. The molecule has 0 saturated carbocycles. The first-order valence-corrected chi connectivity index (χ1v) is 10.4. The molecule has 0 fully saturated rings. The Morgan fingerprint density at radius 3 is 2.50 bits per heavy atom. The van der Waals surface area contributed by atoms with Crippen molar-refractivity contribution in [2.75, 3.05) is 13.2 Å². The van der Waals surface area contributed by atoms with E-state index in [1.165, 1.54) is 6.08 Å². The Labute approximate surface area is 179 Å². The number of ether oxygens (including phenoxy) is 1. The van der Waals surface area contributed by atoms with Gasteiger partial charge in [0.2, 0.25) is 5.91 Å². The molecule has 0 bridgehead atoms. The first kappa shape index (κ1) is 21.3. The van der Waals surface area contributed by atoms with Crippen molar-refractivity contribution >= 4 is 29.2 Å². The minimum atomic E-state index is -0.527. The predicted molar refractivity (Wildman–Crippen MR) is 119 cm³/mol. The van der Waals surface area contributed by atoms with Gasteiger partial charge in [-0.15, -0.1) is 11.3 Å². The first-order valence-electron chi connectivity index (χ1n) is 9.48. The van der Waals surface area contributed by atoms with Crippen molar-refractivity contribution in [2.45, 2.75) is 13.3 Å². The Kier molecular flexibility index (Phi) is 7.34. The molecule has 1 heterocycles. The molecule has 0 aliphatic heterocycles. The van der Waals surface area contributed by atoms with Crippen molar-refractivity contribution in [3.05, 3.63) is 76.1 Å². The summed E-state index contributed by atoms with van der Waals surface area (Å²) in [6.45, 7) is 2.39. The van der Waals surface area contributed by atoms with Crippen LogP contribution in [0.4, 0.5) is 0 Å². The summed E-state index contributed by atoms with van der Waals surface area (Å²) in [5.74, 6) is -0.133. The van der Waals surface area contributed by atoms with Crippen LogP contribution in [0.2, 0.25) is 0 Å². The quantitative estimate of drug-likeness (QED) is 0.518. The largest absolute Gasteiger partial charge is 0.484 e. The number of hydrogen-bond donors (Lipinski definition) is 2. The lowest BCUT2D eigenvalue weighted by molar-refractivity contribution is -0.120. The van der Waals surface area contributed by atoms with E-state index in [-0.39, 0.29) is 12.5 Å². The molecule has 30 heavy (non-hydrogen) atoms. The van der Waals surface area contributed by atoms with Crippen LogP contribution in [0.15, 0.2) is 60.0 Å². The standard InChI is InChI=1S/C23H23N3O3S/c1-16-26-21(15-30-16)19-7-2-18(3-8-19)12-13-25-23(28)11-6-17-4-9-20(10-5-17)29-14-22(24)27/h2-11,15H,12-14H2,1H3,(H2,24,27)(H,25,28)/b11-6+. The van der Waals surface area contributed by atoms with Gasteiger partial charge in [0.15, 0.2) is 6.61 Å². The zero-order valence-corrected chi connectivity index (χ0v) is 17.4. The highest BCUT2D eigenvalue weighted by atomic mass is 32.1. The molecule has 0 radical (unpaired) electrons. The molecule has 0 saturated heterocycles. The zero-order valence-electron chi connectivity index (χ0n) is 16.6. The van der Waals surface area contributed by atoms with Crippen LogP contribution in [0.3, 0.4) is 0 Å². The average molecular weight is 422 g/mol. The van der Waals surface area contributed by atoms with E-state index in [1.54, 1.807) is 41.7 Å². The monoisotopic (exact) mass is 421 g/mol. The van der Waals surface area contributed by atoms with Crippen molar-refractivity contribution in [1.29, 1.82) is 0 Å². The molecule has 1 aromatic heterocycles. The van der Waals surface area contributed by atoms with E-state index in [0.29, 0.717) is 12.3 Å². The van der Waals surface area contributed by atoms with Gasteiger partial charge in [-0.05, 0) is 42.7 Å². The van der Waals surface area contributed by atoms with Gasteiger partial charge in [0.05, 0.1) is 10.7 Å². The molecule has 0 aliphatic carbocycles. The van der Waals surface area contributed by atoms with Crippen LogP contribution in [0, 0.1) is 6.92 Å². The summed E-state index contributed by atoms with van der Waals surface area (Å²) < 4.78 is 5.20. The average Bonchev–Trinajstić information content (AvgIpc) is 3.18. The summed E-state index contributed by atoms with van der Waals surface area (Å²) in [6.07, 6.45) is 3.96. The number of nitrogens with one attached hydrogen (secondary N) is 1. The van der Waals surface area contributed by atoms with Crippen molar-refractivity contribution in [2.24, 2.45) is 5.73 Å². The smallest absolute Gasteiger partial charge is 0.255 e. The molecular formula is C23H23N3O3S. The SMILES string of the molecule is Cc1nc(-c2ccc(CCNC(=O)/C=C/c3ccc(OCC(N)=O)cc3)cc2)cs1. The number of rotatable bonds is 9. The lowest BCUT2D eigenvalue weighted by Gasteiger charge is -2.05. The van der Waals surface area contributed by atoms with Crippen molar-refractivity contribution < 1.29 is 14.3 Å². The van der Waals surface area contributed by atoms with E-state index in [2.05, 4.69) is 39.9 Å². The van der Waals surface area contributed by atoms with Gasteiger partial charge < -0.3 is 15.8 Å². The topological polar surface area (TPSA) is 94.3 Å². The fourth-order valence-electron chi connectivity index (χ4n) is 2.73. The molecule has 6 nitrogen and oxygen atoms in total. The number of benzene rings is 2. The fraction of sp³-hybridized carbons (Fsp3) is 0.174. The summed E-state index contributed by atoms with van der Waals surface area (Å²) >= 11 is 1.64. The van der Waals surface area contributed by atoms with Crippen molar-refractivity contribution in [3.8, 4) is 17.0 Å². The number of amides is 2. The van der Waals surface area contributed by atoms with Crippen molar-refractivity contribution in [1.82, 2.24) is 10.3 Å². The molecule has 154 valence electrons. The Morgan fingerprint density at radius 1 is 1.13 bits per heavy atom. The Bertz CT molecular complexity index is 1020. The van der Waals surface area contributed by atoms with Gasteiger partial charge in [-0.2, -0.15) is 0 Å². The summed E-state index contributed by atoms with van der Waals surface area (Å²) in [4.78, 5) is 27.2. The summed E-state index contributed by atoms with van der Waals surface area (Å²) in [5, 5.41) is 5.99. The third-order valence-electron chi connectivity index (χ3n) is 4.27. The van der Waals surface area contributed by atoms with E-state index in [9.17, 15) is 9.59 Å². The highest BCUT2D eigenvalue weighted by Gasteiger charge is 2.03. The van der Waals surface area contributed by atoms with Gasteiger partial charge >= 0.3 is 0 Å². The number of aryl methyl sites for hydroxylation is 1. The van der Waals surface area contributed by atoms with Gasteiger partial charge in [-0.3, -0.25) is 9.59 Å². The minimum Gasteiger partial charge on any atom is -0.484 e. The molecule has 3 rings (SSSR count). The highest BCUT2D eigenvalue weighted by Crippen LogP contribution is 2.21.